The average Bonchev–Trinajstić information content (AvgIpc) is 3.26. The zero-order valence-corrected chi connectivity index (χ0v) is 15.5. The molecule has 1 aliphatic rings. The molecule has 5 nitrogen and oxygen atoms in total. The van der Waals surface area contributed by atoms with Gasteiger partial charge in [0.25, 0.3) is 0 Å². The third-order valence-electron chi connectivity index (χ3n) is 3.77. The van der Waals surface area contributed by atoms with E-state index >= 15 is 0 Å². The number of hydrogen-bond donors (Lipinski definition) is 2. The van der Waals surface area contributed by atoms with E-state index in [2.05, 4.69) is 0 Å². The number of hydrogen-bond acceptors (Lipinski definition) is 6. The second-order valence-corrected chi connectivity index (χ2v) is 7.94. The van der Waals surface area contributed by atoms with Gasteiger partial charge in [-0.3, -0.25) is 5.41 Å². The molecule has 0 fully saturated rings. The molecule has 2 heterocycles. The predicted octanol–water partition coefficient (Wildman–Crippen LogP) is 3.77. The van der Waals surface area contributed by atoms with E-state index in [0.29, 0.717) is 18.8 Å². The van der Waals surface area contributed by atoms with E-state index in [1.807, 2.05) is 42.6 Å². The first kappa shape index (κ1) is 17.8. The van der Waals surface area contributed by atoms with Gasteiger partial charge in [0.2, 0.25) is 6.10 Å². The van der Waals surface area contributed by atoms with E-state index in [1.165, 1.54) is 11.3 Å². The van der Waals surface area contributed by atoms with Gasteiger partial charge in [0.15, 0.2) is 0 Å². The van der Waals surface area contributed by atoms with Crippen molar-refractivity contribution in [3.63, 3.8) is 0 Å². The van der Waals surface area contributed by atoms with Crippen molar-refractivity contribution in [2.45, 2.75) is 36.0 Å². The van der Waals surface area contributed by atoms with Crippen LogP contribution in [-0.4, -0.2) is 23.7 Å². The number of carbonyl (C=O) groups excluding carboxylic acids is 1. The molecule has 0 saturated heterocycles. The Morgan fingerprint density at radius 2 is 2.28 bits per heavy atom. The topological polar surface area (TPSA) is 85.4 Å². The Balaban J connectivity index is 1.78. The van der Waals surface area contributed by atoms with Crippen LogP contribution in [0.3, 0.4) is 0 Å². The van der Waals surface area contributed by atoms with Crippen molar-refractivity contribution >= 4 is 34.9 Å². The van der Waals surface area contributed by atoms with Gasteiger partial charge >= 0.3 is 5.97 Å². The maximum atomic E-state index is 12.4. The van der Waals surface area contributed by atoms with Crippen molar-refractivity contribution < 1.29 is 14.3 Å². The van der Waals surface area contributed by atoms with Gasteiger partial charge in [0.1, 0.15) is 11.6 Å². The molecule has 2 aromatic rings. The molecule has 132 valence electrons. The van der Waals surface area contributed by atoms with Crippen molar-refractivity contribution in [3.05, 3.63) is 46.2 Å². The van der Waals surface area contributed by atoms with Crippen LogP contribution < -0.4 is 10.5 Å². The van der Waals surface area contributed by atoms with Crippen LogP contribution in [0.25, 0.3) is 0 Å². The highest BCUT2D eigenvalue weighted by Crippen LogP contribution is 2.39. The minimum absolute atomic E-state index is 0.0205. The Morgan fingerprint density at radius 1 is 1.44 bits per heavy atom. The lowest BCUT2D eigenvalue weighted by Gasteiger charge is -2.17. The number of thioether (sulfide) groups is 1. The molecule has 25 heavy (non-hydrogen) atoms. The first-order valence-corrected chi connectivity index (χ1v) is 9.84. The molecule has 0 radical (unpaired) electrons. The van der Waals surface area contributed by atoms with E-state index in [1.54, 1.807) is 11.8 Å². The molecular formula is C18H20N2O3S2. The molecule has 3 N–H and O–H groups in total. The molecule has 2 unspecified atom stereocenters. The van der Waals surface area contributed by atoms with Crippen LogP contribution >= 0.6 is 23.1 Å². The van der Waals surface area contributed by atoms with Gasteiger partial charge in [-0.15, -0.1) is 23.1 Å². The largest absolute Gasteiger partial charge is 0.473 e. The number of fused-ring (bicyclic) bond motifs is 1. The molecule has 3 rings (SSSR count). The molecule has 0 saturated carbocycles. The first-order valence-electron chi connectivity index (χ1n) is 8.08. The van der Waals surface area contributed by atoms with E-state index < -0.39 is 6.10 Å². The summed E-state index contributed by atoms with van der Waals surface area (Å²) >= 11 is 3.06. The van der Waals surface area contributed by atoms with E-state index in [0.717, 1.165) is 21.8 Å². The quantitative estimate of drug-likeness (QED) is 0.436. The van der Waals surface area contributed by atoms with Crippen LogP contribution in [0, 0.1) is 5.41 Å². The molecule has 0 spiro atoms. The van der Waals surface area contributed by atoms with Gasteiger partial charge in [0, 0.05) is 4.90 Å². The summed E-state index contributed by atoms with van der Waals surface area (Å²) in [5.74, 6) is 0.430. The normalized spacial score (nSPS) is 16.9. The van der Waals surface area contributed by atoms with E-state index in [4.69, 9.17) is 20.6 Å². The second-order valence-electron chi connectivity index (χ2n) is 5.72. The molecule has 0 bridgehead atoms. The summed E-state index contributed by atoms with van der Waals surface area (Å²) in [6.45, 7) is 2.34. The lowest BCUT2D eigenvalue weighted by atomic mass is 10.1. The highest BCUT2D eigenvalue weighted by molar-refractivity contribution is 8.01. The van der Waals surface area contributed by atoms with Crippen molar-refractivity contribution in [2.75, 3.05) is 6.61 Å². The predicted molar refractivity (Wildman–Crippen MR) is 101 cm³/mol. The number of nitrogens with one attached hydrogen (secondary N) is 1. The standard InChI is InChI=1S/C18H20N2O3S2/c1-2-7-22-18(21)16(14-4-3-8-24-14)23-12-5-6-13-11(9-12)10-15(25-13)17(19)20/h3-6,8-9,15-16H,2,7,10H2,1H3,(H3,19,20). The van der Waals surface area contributed by atoms with Crippen molar-refractivity contribution in [1.82, 2.24) is 0 Å². The third-order valence-corrected chi connectivity index (χ3v) is 6.04. The minimum atomic E-state index is -0.762. The summed E-state index contributed by atoms with van der Waals surface area (Å²) in [6, 6.07) is 9.50. The van der Waals surface area contributed by atoms with Crippen LogP contribution in [-0.2, 0) is 16.0 Å². The Bertz CT molecular complexity index is 762. The fourth-order valence-electron chi connectivity index (χ4n) is 2.55. The maximum absolute atomic E-state index is 12.4. The van der Waals surface area contributed by atoms with Gasteiger partial charge in [-0.05, 0) is 48.1 Å². The van der Waals surface area contributed by atoms with Gasteiger partial charge < -0.3 is 15.2 Å². The first-order chi connectivity index (χ1) is 12.1. The molecular weight excluding hydrogens is 356 g/mol. The lowest BCUT2D eigenvalue weighted by Crippen LogP contribution is -2.24. The molecule has 2 atom stereocenters. The Kier molecular flexibility index (Phi) is 5.65. The van der Waals surface area contributed by atoms with Crippen LogP contribution in [0.4, 0.5) is 0 Å². The summed E-state index contributed by atoms with van der Waals surface area (Å²) < 4.78 is 11.3. The monoisotopic (exact) mass is 376 g/mol. The van der Waals surface area contributed by atoms with Crippen LogP contribution in [0.5, 0.6) is 5.75 Å². The summed E-state index contributed by atoms with van der Waals surface area (Å²) in [6.07, 6.45) is 0.712. The Hall–Kier alpha value is -1.99. The van der Waals surface area contributed by atoms with Crippen molar-refractivity contribution in [3.8, 4) is 5.75 Å². The molecule has 1 aromatic heterocycles. The van der Waals surface area contributed by atoms with Gasteiger partial charge in [-0.25, -0.2) is 4.79 Å². The van der Waals surface area contributed by atoms with E-state index in [9.17, 15) is 4.79 Å². The SMILES string of the molecule is CCCOC(=O)C(Oc1ccc2c(c1)CC(C(=N)N)S2)c1cccs1. The minimum Gasteiger partial charge on any atom is -0.473 e. The number of carbonyl (C=O) groups is 1. The molecule has 7 heteroatoms. The highest BCUT2D eigenvalue weighted by atomic mass is 32.2. The fraction of sp³-hybridized carbons (Fsp3) is 0.333. The third kappa shape index (κ3) is 4.16. The molecule has 0 amide bonds. The van der Waals surface area contributed by atoms with Gasteiger partial charge in [-0.1, -0.05) is 13.0 Å². The second kappa shape index (κ2) is 7.93. The smallest absolute Gasteiger partial charge is 0.352 e. The van der Waals surface area contributed by atoms with Crippen molar-refractivity contribution in [1.29, 1.82) is 5.41 Å². The molecule has 1 aromatic carbocycles. The van der Waals surface area contributed by atoms with Crippen LogP contribution in [0.2, 0.25) is 0 Å². The molecule has 0 aliphatic carbocycles. The zero-order valence-electron chi connectivity index (χ0n) is 13.9. The van der Waals surface area contributed by atoms with Gasteiger partial charge in [-0.2, -0.15) is 0 Å². The fourth-order valence-corrected chi connectivity index (χ4v) is 4.42. The number of nitrogens with two attached hydrogens (primary N) is 1. The number of rotatable bonds is 7. The summed E-state index contributed by atoms with van der Waals surface area (Å²) in [7, 11) is 0. The number of benzene rings is 1. The lowest BCUT2D eigenvalue weighted by molar-refractivity contribution is -0.152. The van der Waals surface area contributed by atoms with E-state index in [-0.39, 0.29) is 17.1 Å². The summed E-state index contributed by atoms with van der Waals surface area (Å²) in [5, 5.41) is 9.51. The number of thiophene rings is 1. The Labute approximate surface area is 155 Å². The highest BCUT2D eigenvalue weighted by Gasteiger charge is 2.28. The van der Waals surface area contributed by atoms with Crippen LogP contribution in [0.15, 0.2) is 40.6 Å². The maximum Gasteiger partial charge on any atom is 0.352 e. The summed E-state index contributed by atoms with van der Waals surface area (Å²) in [5.41, 5.74) is 6.71. The van der Waals surface area contributed by atoms with Crippen molar-refractivity contribution in [2.24, 2.45) is 5.73 Å². The average molecular weight is 377 g/mol. The number of amidine groups is 1. The molecule has 1 aliphatic heterocycles. The van der Waals surface area contributed by atoms with Crippen LogP contribution in [0.1, 0.15) is 29.9 Å². The number of ether oxygens (including phenoxy) is 2. The van der Waals surface area contributed by atoms with Gasteiger partial charge in [0.05, 0.1) is 16.7 Å². The Morgan fingerprint density at radius 3 is 2.96 bits per heavy atom. The summed E-state index contributed by atoms with van der Waals surface area (Å²) in [4.78, 5) is 14.3. The number of esters is 1. The zero-order chi connectivity index (χ0) is 17.8.